The van der Waals surface area contributed by atoms with E-state index in [0.717, 1.165) is 0 Å². The van der Waals surface area contributed by atoms with Crippen molar-refractivity contribution in [3.63, 3.8) is 0 Å². The number of halogens is 1. The number of anilines is 1. The van der Waals surface area contributed by atoms with Crippen LogP contribution in [0.15, 0.2) is 42.5 Å². The number of carbonyl (C=O) groups is 2. The standard InChI is InChI=1S/C17H13ClN2O4/c1-10(16(22)20-13-5-2-11(9-19)3-6-13)24-17(23)14-7-4-12(18)8-15(14)21/h2-8,10,21H,1H3,(H,20,22)/t10-/m1/s1. The van der Waals surface area contributed by atoms with Crippen LogP contribution in [0.5, 0.6) is 5.75 Å². The SMILES string of the molecule is C[C@@H](OC(=O)c1ccc(Cl)cc1O)C(=O)Nc1ccc(C#N)cc1. The van der Waals surface area contributed by atoms with Crippen molar-refractivity contribution in [3.05, 3.63) is 58.6 Å². The summed E-state index contributed by atoms with van der Waals surface area (Å²) in [5.41, 5.74) is 0.847. The van der Waals surface area contributed by atoms with Crippen LogP contribution in [0.3, 0.4) is 0 Å². The van der Waals surface area contributed by atoms with E-state index in [1.54, 1.807) is 24.3 Å². The number of rotatable bonds is 4. The second kappa shape index (κ2) is 7.49. The van der Waals surface area contributed by atoms with Crippen molar-refractivity contribution in [3.8, 4) is 11.8 Å². The third-order valence-electron chi connectivity index (χ3n) is 3.11. The maximum absolute atomic E-state index is 12.0. The van der Waals surface area contributed by atoms with Gasteiger partial charge >= 0.3 is 5.97 Å². The van der Waals surface area contributed by atoms with Crippen LogP contribution in [0, 0.1) is 11.3 Å². The van der Waals surface area contributed by atoms with E-state index < -0.39 is 18.0 Å². The van der Waals surface area contributed by atoms with Crippen molar-refractivity contribution in [2.45, 2.75) is 13.0 Å². The number of benzene rings is 2. The number of carbonyl (C=O) groups excluding carboxylic acids is 2. The number of phenolic OH excluding ortho intramolecular Hbond substituents is 1. The van der Waals surface area contributed by atoms with E-state index in [1.165, 1.54) is 25.1 Å². The molecule has 2 N–H and O–H groups in total. The number of nitrogens with one attached hydrogen (secondary N) is 1. The number of aromatic hydroxyl groups is 1. The maximum Gasteiger partial charge on any atom is 0.342 e. The summed E-state index contributed by atoms with van der Waals surface area (Å²) in [7, 11) is 0. The van der Waals surface area contributed by atoms with Crippen LogP contribution < -0.4 is 5.32 Å². The molecule has 1 atom stereocenters. The van der Waals surface area contributed by atoms with Gasteiger partial charge in [-0.15, -0.1) is 0 Å². The van der Waals surface area contributed by atoms with Crippen LogP contribution in [0.4, 0.5) is 5.69 Å². The average molecular weight is 345 g/mol. The molecule has 2 rings (SSSR count). The van der Waals surface area contributed by atoms with Gasteiger partial charge in [0.05, 0.1) is 11.6 Å². The van der Waals surface area contributed by atoms with Crippen LogP contribution in [0.2, 0.25) is 5.02 Å². The Hall–Kier alpha value is -3.04. The first-order valence-electron chi connectivity index (χ1n) is 6.91. The number of esters is 1. The molecule has 0 saturated carbocycles. The van der Waals surface area contributed by atoms with Crippen molar-refractivity contribution in [2.24, 2.45) is 0 Å². The summed E-state index contributed by atoms with van der Waals surface area (Å²) in [5, 5.41) is 21.2. The highest BCUT2D eigenvalue weighted by atomic mass is 35.5. The molecule has 0 aliphatic carbocycles. The summed E-state index contributed by atoms with van der Waals surface area (Å²) in [6.07, 6.45) is -1.08. The second-order valence-corrected chi connectivity index (χ2v) is 5.32. The smallest absolute Gasteiger partial charge is 0.342 e. The molecule has 0 heterocycles. The highest BCUT2D eigenvalue weighted by Crippen LogP contribution is 2.23. The fourth-order valence-electron chi connectivity index (χ4n) is 1.83. The third kappa shape index (κ3) is 4.24. The van der Waals surface area contributed by atoms with Crippen LogP contribution in [-0.4, -0.2) is 23.1 Å². The molecule has 122 valence electrons. The number of hydrogen-bond acceptors (Lipinski definition) is 5. The Balaban J connectivity index is 2.00. The van der Waals surface area contributed by atoms with Gasteiger partial charge in [0.2, 0.25) is 0 Å². The molecular formula is C17H13ClN2O4. The Kier molecular flexibility index (Phi) is 5.40. The number of nitrogens with zero attached hydrogens (tertiary/aromatic N) is 1. The van der Waals surface area contributed by atoms with Gasteiger partial charge in [0.25, 0.3) is 5.91 Å². The monoisotopic (exact) mass is 344 g/mol. The van der Waals surface area contributed by atoms with Gasteiger partial charge in [0, 0.05) is 10.7 Å². The first kappa shape index (κ1) is 17.3. The van der Waals surface area contributed by atoms with Crippen molar-refractivity contribution in [1.29, 1.82) is 5.26 Å². The normalized spacial score (nSPS) is 11.2. The van der Waals surface area contributed by atoms with Gasteiger partial charge in [-0.2, -0.15) is 5.26 Å². The molecule has 0 radical (unpaired) electrons. The predicted molar refractivity (Wildman–Crippen MR) is 87.8 cm³/mol. The molecule has 6 nitrogen and oxygen atoms in total. The zero-order chi connectivity index (χ0) is 17.7. The Bertz CT molecular complexity index is 812. The first-order valence-corrected chi connectivity index (χ1v) is 7.29. The molecule has 0 aliphatic heterocycles. The molecule has 2 aromatic rings. The fraction of sp³-hybridized carbons (Fsp3) is 0.118. The molecule has 7 heteroatoms. The summed E-state index contributed by atoms with van der Waals surface area (Å²) in [5.74, 6) is -1.71. The molecule has 0 unspecified atom stereocenters. The fourth-order valence-corrected chi connectivity index (χ4v) is 1.99. The summed E-state index contributed by atoms with van der Waals surface area (Å²) in [6, 6.07) is 12.2. The zero-order valence-corrected chi connectivity index (χ0v) is 13.4. The molecule has 0 saturated heterocycles. The van der Waals surface area contributed by atoms with Gasteiger partial charge in [0.15, 0.2) is 6.10 Å². The predicted octanol–water partition coefficient (Wildman–Crippen LogP) is 3.10. The average Bonchev–Trinajstić information content (AvgIpc) is 2.55. The lowest BCUT2D eigenvalue weighted by atomic mass is 10.2. The highest BCUT2D eigenvalue weighted by Gasteiger charge is 2.21. The van der Waals surface area contributed by atoms with Gasteiger partial charge in [-0.1, -0.05) is 11.6 Å². The summed E-state index contributed by atoms with van der Waals surface area (Å²) in [6.45, 7) is 1.41. The summed E-state index contributed by atoms with van der Waals surface area (Å²) >= 11 is 5.69. The van der Waals surface area contributed by atoms with Crippen molar-refractivity contribution in [1.82, 2.24) is 0 Å². The lowest BCUT2D eigenvalue weighted by Crippen LogP contribution is -2.30. The molecule has 0 fully saturated rings. The Morgan fingerprint density at radius 1 is 1.25 bits per heavy atom. The van der Waals surface area contributed by atoms with E-state index in [-0.39, 0.29) is 16.3 Å². The van der Waals surface area contributed by atoms with Gasteiger partial charge in [0.1, 0.15) is 11.3 Å². The van der Waals surface area contributed by atoms with Gasteiger partial charge < -0.3 is 15.2 Å². The minimum Gasteiger partial charge on any atom is -0.507 e. The van der Waals surface area contributed by atoms with E-state index in [0.29, 0.717) is 11.3 Å². The first-order chi connectivity index (χ1) is 11.4. The van der Waals surface area contributed by atoms with Crippen LogP contribution in [-0.2, 0) is 9.53 Å². The number of phenols is 1. The topological polar surface area (TPSA) is 99.4 Å². The van der Waals surface area contributed by atoms with E-state index >= 15 is 0 Å². The van der Waals surface area contributed by atoms with Crippen molar-refractivity contribution in [2.75, 3.05) is 5.32 Å². The Labute approximate surface area is 143 Å². The minimum atomic E-state index is -1.08. The summed E-state index contributed by atoms with van der Waals surface area (Å²) in [4.78, 5) is 24.0. The van der Waals surface area contributed by atoms with Crippen LogP contribution >= 0.6 is 11.6 Å². The lowest BCUT2D eigenvalue weighted by molar-refractivity contribution is -0.123. The number of hydrogen-bond donors (Lipinski definition) is 2. The van der Waals surface area contributed by atoms with E-state index in [2.05, 4.69) is 5.32 Å². The van der Waals surface area contributed by atoms with E-state index in [1.807, 2.05) is 6.07 Å². The number of amides is 1. The third-order valence-corrected chi connectivity index (χ3v) is 3.35. The lowest BCUT2D eigenvalue weighted by Gasteiger charge is -2.14. The number of nitriles is 1. The van der Waals surface area contributed by atoms with Gasteiger partial charge in [-0.3, -0.25) is 4.79 Å². The molecule has 0 aromatic heterocycles. The number of ether oxygens (including phenoxy) is 1. The maximum atomic E-state index is 12.0. The van der Waals surface area contributed by atoms with Crippen molar-refractivity contribution >= 4 is 29.2 Å². The van der Waals surface area contributed by atoms with Crippen molar-refractivity contribution < 1.29 is 19.4 Å². The van der Waals surface area contributed by atoms with Crippen LogP contribution in [0.25, 0.3) is 0 Å². The zero-order valence-electron chi connectivity index (χ0n) is 12.6. The molecule has 2 aromatic carbocycles. The minimum absolute atomic E-state index is 0.0857. The highest BCUT2D eigenvalue weighted by molar-refractivity contribution is 6.30. The van der Waals surface area contributed by atoms with E-state index in [9.17, 15) is 14.7 Å². The Morgan fingerprint density at radius 2 is 1.92 bits per heavy atom. The quantitative estimate of drug-likeness (QED) is 0.830. The molecule has 0 aliphatic rings. The van der Waals surface area contributed by atoms with Crippen LogP contribution in [0.1, 0.15) is 22.8 Å². The second-order valence-electron chi connectivity index (χ2n) is 4.89. The van der Waals surface area contributed by atoms with E-state index in [4.69, 9.17) is 21.6 Å². The Morgan fingerprint density at radius 3 is 2.50 bits per heavy atom. The molecule has 1 amide bonds. The van der Waals surface area contributed by atoms with Gasteiger partial charge in [-0.05, 0) is 49.4 Å². The largest absolute Gasteiger partial charge is 0.507 e. The molecule has 0 spiro atoms. The molecule has 0 bridgehead atoms. The summed E-state index contributed by atoms with van der Waals surface area (Å²) < 4.78 is 5.03. The van der Waals surface area contributed by atoms with Gasteiger partial charge in [-0.25, -0.2) is 4.79 Å². The molecular weight excluding hydrogens is 332 g/mol. The molecule has 24 heavy (non-hydrogen) atoms.